The third-order valence-electron chi connectivity index (χ3n) is 11.1. The third kappa shape index (κ3) is 4.82. The average molecular weight is 567 g/mol. The Morgan fingerprint density at radius 2 is 1.85 bits per heavy atom. The molecule has 0 radical (unpaired) electrons. The van der Waals surface area contributed by atoms with Crippen molar-refractivity contribution < 1.29 is 49.3 Å². The number of carboxylic acid groups (broad SMARTS) is 1. The predicted octanol–water partition coefficient (Wildman–Crippen LogP) is 2.01. The van der Waals surface area contributed by atoms with E-state index in [0.717, 1.165) is 31.3 Å². The Morgan fingerprint density at radius 1 is 1.12 bits per heavy atom. The number of carbonyl (C=O) groups is 2. The average Bonchev–Trinajstić information content (AvgIpc) is 3.06. The summed E-state index contributed by atoms with van der Waals surface area (Å²) in [4.78, 5) is 25.1. The van der Waals surface area contributed by atoms with Crippen LogP contribution >= 0.6 is 0 Å². The first-order valence-electron chi connectivity index (χ1n) is 14.9. The highest BCUT2D eigenvalue weighted by molar-refractivity contribution is 5.71. The lowest BCUT2D eigenvalue weighted by atomic mass is 9.43. The van der Waals surface area contributed by atoms with Gasteiger partial charge in [0.1, 0.15) is 18.3 Å². The zero-order valence-electron chi connectivity index (χ0n) is 23.8. The Kier molecular flexibility index (Phi) is 8.18. The van der Waals surface area contributed by atoms with E-state index in [-0.39, 0.29) is 36.0 Å². The largest absolute Gasteiger partial charge is 0.481 e. The van der Waals surface area contributed by atoms with Crippen molar-refractivity contribution in [3.8, 4) is 0 Å². The first-order chi connectivity index (χ1) is 18.8. The van der Waals surface area contributed by atoms with E-state index in [1.54, 1.807) is 0 Å². The number of carbonyl (C=O) groups excluding carboxylic acids is 1. The smallest absolute Gasteiger partial charge is 0.306 e. The lowest BCUT2D eigenvalue weighted by molar-refractivity contribution is -0.322. The Balaban J connectivity index is 1.42. The number of fused-ring (bicyclic) bond motifs is 3. The van der Waals surface area contributed by atoms with Gasteiger partial charge in [-0.15, -0.1) is 0 Å². The fraction of sp³-hybridized carbons (Fsp3) is 0.867. The summed E-state index contributed by atoms with van der Waals surface area (Å²) in [6.07, 6.45) is -3.01. The molecule has 1 aliphatic heterocycles. The second-order valence-electron chi connectivity index (χ2n) is 13.8. The summed E-state index contributed by atoms with van der Waals surface area (Å²) in [5.41, 5.74) is 0.162. The normalized spacial score (nSPS) is 48.4. The third-order valence-corrected chi connectivity index (χ3v) is 11.1. The van der Waals surface area contributed by atoms with Gasteiger partial charge in [0.05, 0.1) is 24.7 Å². The van der Waals surface area contributed by atoms with Crippen LogP contribution in [0.15, 0.2) is 12.2 Å². The topological polar surface area (TPSA) is 163 Å². The van der Waals surface area contributed by atoms with Crippen LogP contribution in [0.4, 0.5) is 0 Å². The standard InChI is InChI=1S/C30H46O10/c1-14(2)9-22(32)40-25-24(34)23(33)20(13-31)39-28(25)38-17-10-18(27(36)37)19-7-8-30-11-16(15(3)26(30)35)5-6-21(30)29(19,4)12-17/h14,16-21,23-26,28,31,33-35H,3,5-13H2,1-2,4H3,(H,36,37)/t16-,17-,18-,19-,20+,21+,23-,24+,25+,26+,28-,29-,30-/m1/s1. The summed E-state index contributed by atoms with van der Waals surface area (Å²) < 4.78 is 17.8. The number of rotatable bonds is 7. The van der Waals surface area contributed by atoms with Crippen LogP contribution in [0.2, 0.25) is 0 Å². The van der Waals surface area contributed by atoms with Gasteiger partial charge in [0.25, 0.3) is 0 Å². The molecule has 1 spiro atoms. The molecule has 0 amide bonds. The van der Waals surface area contributed by atoms with Gasteiger partial charge < -0.3 is 39.7 Å². The van der Waals surface area contributed by atoms with Crippen molar-refractivity contribution in [3.05, 3.63) is 12.2 Å². The minimum absolute atomic E-state index is 0.00548. The molecule has 4 saturated carbocycles. The number of hydrogen-bond donors (Lipinski definition) is 5. The summed E-state index contributed by atoms with van der Waals surface area (Å²) in [7, 11) is 0. The second-order valence-corrected chi connectivity index (χ2v) is 13.8. The maximum atomic E-state index is 12.6. The van der Waals surface area contributed by atoms with E-state index in [1.807, 2.05) is 13.8 Å². The molecule has 10 heteroatoms. The van der Waals surface area contributed by atoms with Gasteiger partial charge in [-0.25, -0.2) is 0 Å². The molecule has 5 rings (SSSR count). The summed E-state index contributed by atoms with van der Waals surface area (Å²) in [6.45, 7) is 9.47. The second kappa shape index (κ2) is 10.9. The van der Waals surface area contributed by atoms with E-state index >= 15 is 0 Å². The maximum Gasteiger partial charge on any atom is 0.306 e. The lowest BCUT2D eigenvalue weighted by Crippen LogP contribution is -2.62. The molecular formula is C30H46O10. The summed E-state index contributed by atoms with van der Waals surface area (Å²) >= 11 is 0. The molecule has 0 unspecified atom stereocenters. The molecule has 5 N–H and O–H groups in total. The highest BCUT2D eigenvalue weighted by atomic mass is 16.7. The highest BCUT2D eigenvalue weighted by Gasteiger charge is 2.67. The molecule has 10 nitrogen and oxygen atoms in total. The van der Waals surface area contributed by atoms with E-state index in [0.29, 0.717) is 18.8 Å². The van der Waals surface area contributed by atoms with E-state index in [1.165, 1.54) is 0 Å². The quantitative estimate of drug-likeness (QED) is 0.175. The molecule has 1 heterocycles. The highest BCUT2D eigenvalue weighted by Crippen LogP contribution is 2.70. The van der Waals surface area contributed by atoms with Gasteiger partial charge in [-0.2, -0.15) is 0 Å². The predicted molar refractivity (Wildman–Crippen MR) is 142 cm³/mol. The van der Waals surface area contributed by atoms with Gasteiger partial charge >= 0.3 is 11.9 Å². The molecule has 0 aromatic carbocycles. The van der Waals surface area contributed by atoms with Gasteiger partial charge in [-0.1, -0.05) is 27.4 Å². The van der Waals surface area contributed by atoms with Gasteiger partial charge in [0.15, 0.2) is 12.4 Å². The number of aliphatic carboxylic acids is 1. The molecule has 4 aliphatic carbocycles. The monoisotopic (exact) mass is 566 g/mol. The van der Waals surface area contributed by atoms with Crippen LogP contribution in [-0.2, 0) is 23.8 Å². The number of hydrogen-bond acceptors (Lipinski definition) is 9. The molecule has 0 aromatic heterocycles. The molecule has 13 atom stereocenters. The lowest BCUT2D eigenvalue weighted by Gasteiger charge is -2.62. The molecule has 5 aliphatic rings. The summed E-state index contributed by atoms with van der Waals surface area (Å²) in [5, 5.41) is 52.8. The number of carboxylic acids is 1. The molecule has 0 aromatic rings. The van der Waals surface area contributed by atoms with Gasteiger partial charge in [-0.05, 0) is 79.6 Å². The Labute approximate surface area is 235 Å². The fourth-order valence-corrected chi connectivity index (χ4v) is 9.35. The minimum Gasteiger partial charge on any atom is -0.481 e. The van der Waals surface area contributed by atoms with Crippen LogP contribution in [0.1, 0.15) is 72.1 Å². The zero-order chi connectivity index (χ0) is 29.1. The van der Waals surface area contributed by atoms with Gasteiger partial charge in [0.2, 0.25) is 0 Å². The number of esters is 1. The van der Waals surface area contributed by atoms with Crippen LogP contribution in [-0.4, -0.2) is 87.0 Å². The minimum atomic E-state index is -1.55. The van der Waals surface area contributed by atoms with Crippen molar-refractivity contribution in [2.75, 3.05) is 6.61 Å². The van der Waals surface area contributed by atoms with E-state index < -0.39 is 72.8 Å². The molecule has 5 fully saturated rings. The van der Waals surface area contributed by atoms with E-state index in [2.05, 4.69) is 13.5 Å². The van der Waals surface area contributed by atoms with Crippen molar-refractivity contribution in [3.63, 3.8) is 0 Å². The molecule has 226 valence electrons. The van der Waals surface area contributed by atoms with Gasteiger partial charge in [-0.3, -0.25) is 9.59 Å². The van der Waals surface area contributed by atoms with Crippen molar-refractivity contribution in [1.29, 1.82) is 0 Å². The van der Waals surface area contributed by atoms with Crippen molar-refractivity contribution in [2.24, 2.45) is 40.4 Å². The fourth-order valence-electron chi connectivity index (χ4n) is 9.35. The van der Waals surface area contributed by atoms with E-state index in [4.69, 9.17) is 14.2 Å². The molecule has 40 heavy (non-hydrogen) atoms. The van der Waals surface area contributed by atoms with Crippen molar-refractivity contribution >= 4 is 11.9 Å². The number of aliphatic hydroxyl groups is 4. The van der Waals surface area contributed by atoms with Crippen molar-refractivity contribution in [2.45, 2.75) is 115 Å². The maximum absolute atomic E-state index is 12.6. The van der Waals surface area contributed by atoms with Crippen LogP contribution in [0, 0.1) is 40.4 Å². The molecular weight excluding hydrogens is 520 g/mol. The number of ether oxygens (including phenoxy) is 3. The molecule has 2 bridgehead atoms. The molecule has 1 saturated heterocycles. The van der Waals surface area contributed by atoms with Crippen LogP contribution < -0.4 is 0 Å². The zero-order valence-corrected chi connectivity index (χ0v) is 23.8. The summed E-state index contributed by atoms with van der Waals surface area (Å²) in [5.74, 6) is -1.81. The first kappa shape index (κ1) is 29.9. The summed E-state index contributed by atoms with van der Waals surface area (Å²) in [6, 6.07) is 0. The van der Waals surface area contributed by atoms with E-state index in [9.17, 15) is 35.1 Å². The van der Waals surface area contributed by atoms with Crippen LogP contribution in [0.3, 0.4) is 0 Å². The van der Waals surface area contributed by atoms with Crippen LogP contribution in [0.5, 0.6) is 0 Å². The SMILES string of the molecule is C=C1[C@@H]2CC[C@H]3[C@]4(C)C[C@H](O[C@@H]5O[C@@H](CO)[C@@H](O)[C@H](O)[C@@H]5OC(=O)CC(C)C)C[C@@H](C(=O)O)[C@H]4CC[C@]3(C2)[C@H]1O. The Bertz CT molecular complexity index is 999. The van der Waals surface area contributed by atoms with Crippen molar-refractivity contribution in [1.82, 2.24) is 0 Å². The number of aliphatic hydroxyl groups excluding tert-OH is 4. The van der Waals surface area contributed by atoms with Crippen LogP contribution in [0.25, 0.3) is 0 Å². The van der Waals surface area contributed by atoms with Gasteiger partial charge in [0, 0.05) is 11.8 Å². The Morgan fingerprint density at radius 3 is 2.50 bits per heavy atom. The Hall–Kier alpha value is -1.56. The first-order valence-corrected chi connectivity index (χ1v) is 14.9.